The molecule has 2 rings (SSSR count). The number of ether oxygens (including phenoxy) is 6. The summed E-state index contributed by atoms with van der Waals surface area (Å²) in [5, 5.41) is 0. The van der Waals surface area contributed by atoms with Crippen molar-refractivity contribution in [1.82, 2.24) is 0 Å². The zero-order valence-corrected chi connectivity index (χ0v) is 66.5. The third-order valence-electron chi connectivity index (χ3n) is 17.6. The van der Waals surface area contributed by atoms with Crippen LogP contribution in [-0.2, 0) is 65.4 Å². The summed E-state index contributed by atoms with van der Waals surface area (Å²) in [4.78, 5) is 84.9. The lowest BCUT2D eigenvalue weighted by atomic mass is 10.0. The van der Waals surface area contributed by atoms with Crippen LogP contribution in [0.5, 0.6) is 11.5 Å². The minimum atomic E-state index is -4.44. The lowest BCUT2D eigenvalue weighted by Crippen LogP contribution is -2.37. The number of rotatable bonds is 70. The number of ketones is 1. The molecule has 4 atom stereocenters. The highest BCUT2D eigenvalue weighted by Crippen LogP contribution is 2.44. The second-order valence-electron chi connectivity index (χ2n) is 29.6. The topological polar surface area (TPSA) is 252 Å². The van der Waals surface area contributed by atoms with Gasteiger partial charge in [0.1, 0.15) is 51.0 Å². The minimum absolute atomic E-state index is 0.00332. The van der Waals surface area contributed by atoms with E-state index in [1.54, 1.807) is 24.3 Å². The third-order valence-corrected chi connectivity index (χ3v) is 19.6. The predicted octanol–water partition coefficient (Wildman–Crippen LogP) is 18.7. The first-order valence-corrected chi connectivity index (χ1v) is 42.4. The van der Waals surface area contributed by atoms with Crippen molar-refractivity contribution < 1.29 is 98.4 Å². The van der Waals surface area contributed by atoms with Crippen LogP contribution in [0.15, 0.2) is 48.5 Å². The summed E-state index contributed by atoms with van der Waals surface area (Å²) in [7, 11) is 2.73. The molecule has 23 heteroatoms. The van der Waals surface area contributed by atoms with Crippen molar-refractivity contribution in [2.75, 3.05) is 108 Å². The molecule has 588 valence electrons. The van der Waals surface area contributed by atoms with Gasteiger partial charge in [0.2, 0.25) is 0 Å². The molecule has 0 saturated heterocycles. The Morgan fingerprint density at radius 3 is 0.863 bits per heavy atom. The van der Waals surface area contributed by atoms with Crippen molar-refractivity contribution in [3.05, 3.63) is 59.7 Å². The number of phosphoric ester groups is 2. The third kappa shape index (κ3) is 56.1. The summed E-state index contributed by atoms with van der Waals surface area (Å²) in [6.07, 6.45) is 39.4. The molecular formula is C79H140N2O19P2+2. The van der Waals surface area contributed by atoms with Crippen LogP contribution in [0.2, 0.25) is 0 Å². The maximum absolute atomic E-state index is 13.3. The van der Waals surface area contributed by atoms with E-state index in [0.717, 1.165) is 128 Å². The van der Waals surface area contributed by atoms with Crippen LogP contribution in [0.25, 0.3) is 0 Å². The number of esters is 4. The molecular weight excluding hydrogens is 1340 g/mol. The van der Waals surface area contributed by atoms with Gasteiger partial charge in [-0.25, -0.2) is 9.13 Å². The number of unbranched alkanes of at least 4 members (excludes halogenated alkanes) is 34. The number of phosphoric acid groups is 2. The van der Waals surface area contributed by atoms with Gasteiger partial charge in [0.15, 0.2) is 18.0 Å². The van der Waals surface area contributed by atoms with Gasteiger partial charge in [0.05, 0.1) is 68.7 Å². The van der Waals surface area contributed by atoms with Gasteiger partial charge in [0.25, 0.3) is 0 Å². The fraction of sp³-hybridized carbons (Fsp3) is 0.785. The SMILES string of the molecule is CCCCCCCCCCCCCC(=O)OC[C@H](COP(=O)(O)OCC[N+](C)(C)C)OC(=O)CCCCCCCCCCOc1ccc(C(=O)c2ccc(OCCCCCCCCCCC(=O)O[C@H](COC(=O)CCCCCCCCCCCCC)COP(=O)(O)OCC[N+](C)(C)C)cc2)cc1. The fourth-order valence-electron chi connectivity index (χ4n) is 11.2. The molecule has 0 spiro atoms. The van der Waals surface area contributed by atoms with Gasteiger partial charge in [-0.2, -0.15) is 0 Å². The highest BCUT2D eigenvalue weighted by atomic mass is 31.2. The minimum Gasteiger partial charge on any atom is -0.494 e. The molecule has 0 fully saturated rings. The van der Waals surface area contributed by atoms with E-state index in [1.165, 1.54) is 89.9 Å². The van der Waals surface area contributed by atoms with Crippen LogP contribution >= 0.6 is 15.6 Å². The molecule has 2 unspecified atom stereocenters. The Bertz CT molecular complexity index is 2390. The van der Waals surface area contributed by atoms with Gasteiger partial charge in [-0.1, -0.05) is 219 Å². The number of likely N-dealkylation sites (N-methyl/N-ethyl adjacent to an activating group) is 2. The lowest BCUT2D eigenvalue weighted by Gasteiger charge is -2.24. The Morgan fingerprint density at radius 1 is 0.333 bits per heavy atom. The second kappa shape index (κ2) is 58.9. The largest absolute Gasteiger partial charge is 0.494 e. The van der Waals surface area contributed by atoms with Gasteiger partial charge >= 0.3 is 39.5 Å². The number of hydrogen-bond acceptors (Lipinski definition) is 17. The molecule has 0 aromatic heterocycles. The number of carbonyl (C=O) groups excluding carboxylic acids is 5. The van der Waals surface area contributed by atoms with E-state index in [1.807, 2.05) is 66.6 Å². The van der Waals surface area contributed by atoms with E-state index in [4.69, 9.17) is 46.5 Å². The number of nitrogens with zero attached hydrogens (tertiary/aromatic N) is 2. The number of carbonyl (C=O) groups is 5. The number of quaternary nitrogens is 2. The summed E-state index contributed by atoms with van der Waals surface area (Å²) >= 11 is 0. The molecule has 2 aromatic carbocycles. The Labute approximate surface area is 616 Å². The summed E-state index contributed by atoms with van der Waals surface area (Å²) in [5.74, 6) is -0.444. The van der Waals surface area contributed by atoms with Gasteiger partial charge in [-0.3, -0.25) is 42.1 Å². The molecule has 0 aliphatic carbocycles. The van der Waals surface area contributed by atoms with Crippen molar-refractivity contribution in [3.63, 3.8) is 0 Å². The van der Waals surface area contributed by atoms with Gasteiger partial charge in [0, 0.05) is 36.8 Å². The van der Waals surface area contributed by atoms with E-state index in [-0.39, 0.29) is 57.9 Å². The van der Waals surface area contributed by atoms with Crippen molar-refractivity contribution in [3.8, 4) is 11.5 Å². The van der Waals surface area contributed by atoms with Crippen LogP contribution < -0.4 is 9.47 Å². The van der Waals surface area contributed by atoms with Gasteiger partial charge in [-0.15, -0.1) is 0 Å². The van der Waals surface area contributed by atoms with Crippen LogP contribution in [0.1, 0.15) is 299 Å². The van der Waals surface area contributed by atoms with Crippen LogP contribution in [-0.4, -0.2) is 169 Å². The van der Waals surface area contributed by atoms with Crippen LogP contribution in [0.3, 0.4) is 0 Å². The summed E-state index contributed by atoms with van der Waals surface area (Å²) in [5.41, 5.74) is 1.14. The summed E-state index contributed by atoms with van der Waals surface area (Å²) in [6.45, 7) is 5.10. The van der Waals surface area contributed by atoms with E-state index in [2.05, 4.69) is 13.8 Å². The second-order valence-corrected chi connectivity index (χ2v) is 32.5. The van der Waals surface area contributed by atoms with Crippen LogP contribution in [0, 0.1) is 0 Å². The first-order chi connectivity index (χ1) is 48.9. The van der Waals surface area contributed by atoms with Crippen molar-refractivity contribution in [1.29, 1.82) is 0 Å². The van der Waals surface area contributed by atoms with Gasteiger partial charge < -0.3 is 47.2 Å². The lowest BCUT2D eigenvalue weighted by molar-refractivity contribution is -0.870. The Hall–Kier alpha value is -4.27. The fourth-order valence-corrected chi connectivity index (χ4v) is 12.7. The summed E-state index contributed by atoms with van der Waals surface area (Å²) < 4.78 is 81.0. The average molecular weight is 1480 g/mol. The van der Waals surface area contributed by atoms with E-state index >= 15 is 0 Å². The zero-order chi connectivity index (χ0) is 74.8. The molecule has 0 radical (unpaired) electrons. The highest BCUT2D eigenvalue weighted by molar-refractivity contribution is 7.47. The molecule has 0 saturated carbocycles. The molecule has 0 amide bonds. The molecule has 2 aromatic rings. The van der Waals surface area contributed by atoms with Crippen molar-refractivity contribution in [2.45, 2.75) is 296 Å². The molecule has 21 nitrogen and oxygen atoms in total. The van der Waals surface area contributed by atoms with E-state index in [0.29, 0.717) is 83.6 Å². The van der Waals surface area contributed by atoms with Crippen molar-refractivity contribution in [2.24, 2.45) is 0 Å². The monoisotopic (exact) mass is 1480 g/mol. The standard InChI is InChI=1S/C79H138N2O19P2/c1-9-11-13-15-17-19-21-23-29-35-41-47-75(82)93-65-73(67-97-101(87,88)95-63-59-80(3,4)5)99-77(84)49-43-37-31-25-27-33-39-45-61-91-71-55-51-69(52-56-71)79(86)70-53-57-72(58-54-70)92-62-46-40-34-28-26-32-38-44-50-78(85)100-74(68-98-102(89,90)96-64-60-81(6,7)8)66-94-76(83)48-42-36-30-24-22-20-18-16-14-12-10-2/h51-58,73-74H,9-50,59-68H2,1-8H3/p+2/t73-,74-/m1/s1. The first kappa shape index (κ1) is 93.8. The Kier molecular flexibility index (Phi) is 54.1. The van der Waals surface area contributed by atoms with Crippen molar-refractivity contribution >= 4 is 45.3 Å². The predicted molar refractivity (Wildman–Crippen MR) is 404 cm³/mol. The average Bonchev–Trinajstić information content (AvgIpc) is 0.849. The molecule has 0 aliphatic heterocycles. The smallest absolute Gasteiger partial charge is 0.472 e. The quantitative estimate of drug-likeness (QED) is 0.0156. The van der Waals surface area contributed by atoms with Gasteiger partial charge in [-0.05, 0) is 87.1 Å². The molecule has 0 bridgehead atoms. The highest BCUT2D eigenvalue weighted by Gasteiger charge is 2.29. The first-order valence-electron chi connectivity index (χ1n) is 39.4. The van der Waals surface area contributed by atoms with E-state index in [9.17, 15) is 42.9 Å². The molecule has 2 N–H and O–H groups in total. The zero-order valence-electron chi connectivity index (χ0n) is 64.7. The number of hydrogen-bond donors (Lipinski definition) is 2. The molecule has 0 aliphatic rings. The normalized spacial score (nSPS) is 13.6. The summed E-state index contributed by atoms with van der Waals surface area (Å²) in [6, 6.07) is 14.4. The number of benzene rings is 2. The molecule has 0 heterocycles. The maximum Gasteiger partial charge on any atom is 0.472 e. The maximum atomic E-state index is 13.3. The Morgan fingerprint density at radius 2 is 0.588 bits per heavy atom. The van der Waals surface area contributed by atoms with Crippen LogP contribution in [0.4, 0.5) is 0 Å². The molecule has 102 heavy (non-hydrogen) atoms. The Balaban J connectivity index is 1.60. The van der Waals surface area contributed by atoms with E-state index < -0.39 is 64.9 Å².